The van der Waals surface area contributed by atoms with Crippen molar-refractivity contribution in [2.24, 2.45) is 4.99 Å². The van der Waals surface area contributed by atoms with E-state index in [1.807, 2.05) is 0 Å². The molecule has 0 saturated carbocycles. The lowest BCUT2D eigenvalue weighted by Crippen LogP contribution is -2.37. The van der Waals surface area contributed by atoms with Crippen molar-refractivity contribution in [1.29, 1.82) is 0 Å². The number of carbonyl (C=O) groups is 1. The molecule has 3 heteroatoms. The lowest BCUT2D eigenvalue weighted by atomic mass is 10.1. The normalized spacial score (nSPS) is 23.2. The molecule has 1 saturated heterocycles. The Balaban J connectivity index is 2.02. The van der Waals surface area contributed by atoms with Crippen molar-refractivity contribution in [2.75, 3.05) is 13.1 Å². The van der Waals surface area contributed by atoms with Gasteiger partial charge in [-0.2, -0.15) is 0 Å². The summed E-state index contributed by atoms with van der Waals surface area (Å²) in [4.78, 5) is 17.6. The van der Waals surface area contributed by atoms with Gasteiger partial charge in [0.05, 0.1) is 6.42 Å². The molecule has 0 radical (unpaired) electrons. The van der Waals surface area contributed by atoms with Crippen molar-refractivity contribution >= 4 is 11.6 Å². The number of ketones is 1. The van der Waals surface area contributed by atoms with Gasteiger partial charge in [0, 0.05) is 19.3 Å². The lowest BCUT2D eigenvalue weighted by Gasteiger charge is -2.29. The van der Waals surface area contributed by atoms with Gasteiger partial charge in [-0.25, -0.2) is 4.99 Å². The SMILES string of the molecule is O=C1C=CN=C(N2CCCCC2)C1. The molecule has 0 atom stereocenters. The van der Waals surface area contributed by atoms with Crippen LogP contribution < -0.4 is 0 Å². The average molecular weight is 178 g/mol. The molecule has 0 bridgehead atoms. The molecule has 2 rings (SSSR count). The van der Waals surface area contributed by atoms with Crippen LogP contribution in [-0.2, 0) is 4.79 Å². The number of likely N-dealkylation sites (tertiary alicyclic amines) is 1. The van der Waals surface area contributed by atoms with Gasteiger partial charge in [0.25, 0.3) is 0 Å². The van der Waals surface area contributed by atoms with Crippen molar-refractivity contribution in [1.82, 2.24) is 4.90 Å². The van der Waals surface area contributed by atoms with Gasteiger partial charge >= 0.3 is 0 Å². The van der Waals surface area contributed by atoms with Gasteiger partial charge in [-0.1, -0.05) is 0 Å². The first-order chi connectivity index (χ1) is 6.36. The molecule has 0 unspecified atom stereocenters. The molecule has 0 aliphatic carbocycles. The summed E-state index contributed by atoms with van der Waals surface area (Å²) in [7, 11) is 0. The molecule has 0 aromatic carbocycles. The molecule has 0 N–H and O–H groups in total. The average Bonchev–Trinajstić information content (AvgIpc) is 2.19. The highest BCUT2D eigenvalue weighted by atomic mass is 16.1. The van der Waals surface area contributed by atoms with Crippen molar-refractivity contribution in [3.8, 4) is 0 Å². The molecule has 0 aromatic heterocycles. The van der Waals surface area contributed by atoms with Gasteiger partial charge in [-0.3, -0.25) is 4.79 Å². The molecule has 0 spiro atoms. The number of hydrogen-bond donors (Lipinski definition) is 0. The predicted octanol–water partition coefficient (Wildman–Crippen LogP) is 1.36. The predicted molar refractivity (Wildman–Crippen MR) is 51.6 cm³/mol. The minimum absolute atomic E-state index is 0.176. The van der Waals surface area contributed by atoms with Crippen LogP contribution in [0, 0.1) is 0 Å². The maximum Gasteiger partial charge on any atom is 0.164 e. The van der Waals surface area contributed by atoms with Gasteiger partial charge < -0.3 is 4.90 Å². The summed E-state index contributed by atoms with van der Waals surface area (Å²) in [5, 5.41) is 0. The van der Waals surface area contributed by atoms with E-state index in [4.69, 9.17) is 0 Å². The summed E-state index contributed by atoms with van der Waals surface area (Å²) in [6, 6.07) is 0. The fraction of sp³-hybridized carbons (Fsp3) is 0.600. The second-order valence-corrected chi connectivity index (χ2v) is 3.55. The third-order valence-electron chi connectivity index (χ3n) is 2.54. The topological polar surface area (TPSA) is 32.7 Å². The summed E-state index contributed by atoms with van der Waals surface area (Å²) in [6.07, 6.45) is 7.45. The zero-order chi connectivity index (χ0) is 9.10. The minimum atomic E-state index is 0.176. The first kappa shape index (κ1) is 8.48. The molecule has 13 heavy (non-hydrogen) atoms. The van der Waals surface area contributed by atoms with Gasteiger partial charge in [0.2, 0.25) is 0 Å². The number of aliphatic imine (C=N–C) groups is 1. The van der Waals surface area contributed by atoms with Gasteiger partial charge in [-0.15, -0.1) is 0 Å². The Hall–Kier alpha value is -1.12. The Morgan fingerprint density at radius 3 is 2.69 bits per heavy atom. The van der Waals surface area contributed by atoms with Crippen LogP contribution >= 0.6 is 0 Å². The second-order valence-electron chi connectivity index (χ2n) is 3.55. The van der Waals surface area contributed by atoms with Crippen LogP contribution in [0.2, 0.25) is 0 Å². The highest BCUT2D eigenvalue weighted by Gasteiger charge is 2.17. The number of allylic oxidation sites excluding steroid dienone is 1. The molecule has 70 valence electrons. The van der Waals surface area contributed by atoms with E-state index in [-0.39, 0.29) is 5.78 Å². The molecule has 0 amide bonds. The molecule has 3 nitrogen and oxygen atoms in total. The third-order valence-corrected chi connectivity index (χ3v) is 2.54. The standard InChI is InChI=1S/C10H14N2O/c13-9-4-5-11-10(8-9)12-6-2-1-3-7-12/h4-5H,1-3,6-8H2. The second kappa shape index (κ2) is 3.73. The zero-order valence-electron chi connectivity index (χ0n) is 7.70. The van der Waals surface area contributed by atoms with Crippen LogP contribution in [0.3, 0.4) is 0 Å². The first-order valence-electron chi connectivity index (χ1n) is 4.87. The maximum atomic E-state index is 11.1. The van der Waals surface area contributed by atoms with Crippen LogP contribution in [0.4, 0.5) is 0 Å². The van der Waals surface area contributed by atoms with Crippen LogP contribution in [-0.4, -0.2) is 29.6 Å². The highest BCUT2D eigenvalue weighted by molar-refractivity contribution is 6.07. The number of amidine groups is 1. The quantitative estimate of drug-likeness (QED) is 0.561. The van der Waals surface area contributed by atoms with Gasteiger partial charge in [-0.05, 0) is 25.3 Å². The molecule has 0 aromatic rings. The molecule has 2 heterocycles. The molecule has 2 aliphatic heterocycles. The smallest absolute Gasteiger partial charge is 0.164 e. The van der Waals surface area contributed by atoms with Crippen molar-refractivity contribution in [3.05, 3.63) is 12.3 Å². The highest BCUT2D eigenvalue weighted by Crippen LogP contribution is 2.12. The minimum Gasteiger partial charge on any atom is -0.360 e. The number of rotatable bonds is 0. The van der Waals surface area contributed by atoms with E-state index in [0.29, 0.717) is 6.42 Å². The largest absolute Gasteiger partial charge is 0.360 e. The van der Waals surface area contributed by atoms with Crippen molar-refractivity contribution in [3.63, 3.8) is 0 Å². The van der Waals surface area contributed by atoms with Crippen molar-refractivity contribution in [2.45, 2.75) is 25.7 Å². The fourth-order valence-corrected chi connectivity index (χ4v) is 1.81. The monoisotopic (exact) mass is 178 g/mol. The van der Waals surface area contributed by atoms with Crippen molar-refractivity contribution < 1.29 is 4.79 Å². The molecule has 1 fully saturated rings. The summed E-state index contributed by atoms with van der Waals surface area (Å²) in [5.41, 5.74) is 0. The molecular formula is C10H14N2O. The van der Waals surface area contributed by atoms with E-state index < -0.39 is 0 Å². The van der Waals surface area contributed by atoms with E-state index in [1.165, 1.54) is 19.3 Å². The Bertz CT molecular complexity index is 262. The van der Waals surface area contributed by atoms with E-state index >= 15 is 0 Å². The Kier molecular flexibility index (Phi) is 2.43. The Morgan fingerprint density at radius 2 is 2.00 bits per heavy atom. The zero-order valence-corrected chi connectivity index (χ0v) is 7.70. The number of nitrogens with zero attached hydrogens (tertiary/aromatic N) is 2. The maximum absolute atomic E-state index is 11.1. The Morgan fingerprint density at radius 1 is 1.23 bits per heavy atom. The number of carbonyl (C=O) groups excluding carboxylic acids is 1. The summed E-state index contributed by atoms with van der Waals surface area (Å²) < 4.78 is 0. The van der Waals surface area contributed by atoms with E-state index in [1.54, 1.807) is 12.3 Å². The number of piperidine rings is 1. The lowest BCUT2D eigenvalue weighted by molar-refractivity contribution is -0.113. The Labute approximate surface area is 78.1 Å². The van der Waals surface area contributed by atoms with Crippen LogP contribution in [0.1, 0.15) is 25.7 Å². The van der Waals surface area contributed by atoms with Gasteiger partial charge in [0.1, 0.15) is 5.84 Å². The summed E-state index contributed by atoms with van der Waals surface area (Å²) >= 11 is 0. The van der Waals surface area contributed by atoms with Crippen LogP contribution in [0.15, 0.2) is 17.3 Å². The van der Waals surface area contributed by atoms with E-state index in [2.05, 4.69) is 9.89 Å². The van der Waals surface area contributed by atoms with Crippen LogP contribution in [0.5, 0.6) is 0 Å². The molecular weight excluding hydrogens is 164 g/mol. The fourth-order valence-electron chi connectivity index (χ4n) is 1.81. The third kappa shape index (κ3) is 1.97. The number of hydrogen-bond acceptors (Lipinski definition) is 3. The molecule has 2 aliphatic rings. The summed E-state index contributed by atoms with van der Waals surface area (Å²) in [5.74, 6) is 1.14. The van der Waals surface area contributed by atoms with E-state index in [9.17, 15) is 4.79 Å². The van der Waals surface area contributed by atoms with Gasteiger partial charge in [0.15, 0.2) is 5.78 Å². The first-order valence-corrected chi connectivity index (χ1v) is 4.87. The van der Waals surface area contributed by atoms with Crippen LogP contribution in [0.25, 0.3) is 0 Å². The van der Waals surface area contributed by atoms with E-state index in [0.717, 1.165) is 18.9 Å². The summed E-state index contributed by atoms with van der Waals surface area (Å²) in [6.45, 7) is 2.14.